The van der Waals surface area contributed by atoms with E-state index >= 15 is 0 Å². The van der Waals surface area contributed by atoms with Crippen LogP contribution in [-0.2, 0) is 12.8 Å². The molecule has 0 saturated heterocycles. The van der Waals surface area contributed by atoms with Crippen LogP contribution in [0.15, 0.2) is 4.79 Å². The molecule has 0 amide bonds. The van der Waals surface area contributed by atoms with Crippen molar-refractivity contribution in [2.24, 2.45) is 0 Å². The molecule has 1 heterocycles. The predicted octanol–water partition coefficient (Wildman–Crippen LogP) is 1.64. The number of H-pyrrole nitrogens is 1. The third kappa shape index (κ3) is 1.32. The van der Waals surface area contributed by atoms with Crippen LogP contribution in [0.1, 0.15) is 44.0 Å². The lowest BCUT2D eigenvalue weighted by Gasteiger charge is -2.16. The molecular formula is C10H16N2O. The summed E-state index contributed by atoms with van der Waals surface area (Å²) in [4.78, 5) is 11.5. The first-order valence-corrected chi connectivity index (χ1v) is 5.02. The van der Waals surface area contributed by atoms with Gasteiger partial charge in [-0.25, -0.2) is 0 Å². The molecule has 0 radical (unpaired) electrons. The van der Waals surface area contributed by atoms with Crippen molar-refractivity contribution in [2.75, 3.05) is 0 Å². The van der Waals surface area contributed by atoms with Gasteiger partial charge in [0, 0.05) is 17.3 Å². The van der Waals surface area contributed by atoms with E-state index in [2.05, 4.69) is 18.9 Å². The molecule has 0 saturated carbocycles. The van der Waals surface area contributed by atoms with Crippen molar-refractivity contribution >= 4 is 0 Å². The van der Waals surface area contributed by atoms with Crippen LogP contribution in [0.4, 0.5) is 0 Å². The van der Waals surface area contributed by atoms with Gasteiger partial charge in [0.15, 0.2) is 0 Å². The van der Waals surface area contributed by atoms with E-state index in [9.17, 15) is 4.79 Å². The van der Waals surface area contributed by atoms with E-state index in [1.54, 1.807) is 0 Å². The summed E-state index contributed by atoms with van der Waals surface area (Å²) in [7, 11) is 0. The highest BCUT2D eigenvalue weighted by atomic mass is 16.1. The Bertz CT molecular complexity index is 359. The second-order valence-electron chi connectivity index (χ2n) is 4.04. The normalized spacial score (nSPS) is 16.2. The van der Waals surface area contributed by atoms with Crippen LogP contribution < -0.4 is 5.56 Å². The molecule has 1 aliphatic carbocycles. The molecule has 0 spiro atoms. The Balaban J connectivity index is 2.54. The molecule has 0 aliphatic heterocycles. The third-order valence-electron chi connectivity index (χ3n) is 2.74. The van der Waals surface area contributed by atoms with Gasteiger partial charge in [0.2, 0.25) is 0 Å². The van der Waals surface area contributed by atoms with E-state index in [1.165, 1.54) is 12.1 Å². The molecule has 72 valence electrons. The minimum atomic E-state index is 0.128. The minimum absolute atomic E-state index is 0.128. The number of aromatic nitrogens is 2. The molecule has 3 heteroatoms. The summed E-state index contributed by atoms with van der Waals surface area (Å²) in [6.45, 7) is 4.20. The molecule has 13 heavy (non-hydrogen) atoms. The molecule has 0 atom stereocenters. The van der Waals surface area contributed by atoms with Gasteiger partial charge < -0.3 is 0 Å². The van der Waals surface area contributed by atoms with E-state index in [1.807, 2.05) is 4.68 Å². The lowest BCUT2D eigenvalue weighted by molar-refractivity contribution is 0.493. The maximum atomic E-state index is 11.5. The Kier molecular flexibility index (Phi) is 2.02. The zero-order valence-corrected chi connectivity index (χ0v) is 8.26. The Labute approximate surface area is 77.7 Å². The highest BCUT2D eigenvalue weighted by molar-refractivity contribution is 5.21. The smallest absolute Gasteiger partial charge is 0.267 e. The Morgan fingerprint density at radius 2 is 2.00 bits per heavy atom. The number of hydrogen-bond donors (Lipinski definition) is 1. The van der Waals surface area contributed by atoms with Crippen molar-refractivity contribution in [3.05, 3.63) is 21.6 Å². The van der Waals surface area contributed by atoms with Gasteiger partial charge in [-0.3, -0.25) is 14.6 Å². The minimum Gasteiger partial charge on any atom is -0.286 e. The quantitative estimate of drug-likeness (QED) is 0.701. The largest absolute Gasteiger partial charge is 0.286 e. The molecule has 2 rings (SSSR count). The van der Waals surface area contributed by atoms with Gasteiger partial charge >= 0.3 is 0 Å². The molecule has 0 unspecified atom stereocenters. The summed E-state index contributed by atoms with van der Waals surface area (Å²) in [5, 5.41) is 2.92. The van der Waals surface area contributed by atoms with E-state index in [-0.39, 0.29) is 5.56 Å². The Morgan fingerprint density at radius 3 is 2.69 bits per heavy atom. The Hall–Kier alpha value is -0.990. The SMILES string of the molecule is CC(C)n1[nH]c(=O)c2c1CCCC2. The van der Waals surface area contributed by atoms with E-state index in [4.69, 9.17) is 0 Å². The van der Waals surface area contributed by atoms with Crippen LogP contribution in [0.5, 0.6) is 0 Å². The summed E-state index contributed by atoms with van der Waals surface area (Å²) in [5.74, 6) is 0. The third-order valence-corrected chi connectivity index (χ3v) is 2.74. The number of fused-ring (bicyclic) bond motifs is 1. The maximum absolute atomic E-state index is 11.5. The fourth-order valence-corrected chi connectivity index (χ4v) is 2.08. The standard InChI is InChI=1S/C10H16N2O/c1-7(2)12-9-6-4-3-5-8(9)10(13)11-12/h7H,3-6H2,1-2H3,(H,11,13). The summed E-state index contributed by atoms with van der Waals surface area (Å²) < 4.78 is 2.02. The fourth-order valence-electron chi connectivity index (χ4n) is 2.08. The lowest BCUT2D eigenvalue weighted by atomic mass is 9.98. The van der Waals surface area contributed by atoms with Gasteiger partial charge in [0.25, 0.3) is 5.56 Å². The Morgan fingerprint density at radius 1 is 1.31 bits per heavy atom. The van der Waals surface area contributed by atoms with Gasteiger partial charge in [-0.1, -0.05) is 0 Å². The van der Waals surface area contributed by atoms with E-state index in [0.29, 0.717) is 6.04 Å². The zero-order chi connectivity index (χ0) is 9.42. The van der Waals surface area contributed by atoms with Gasteiger partial charge in [0.05, 0.1) is 0 Å². The number of nitrogens with zero attached hydrogens (tertiary/aromatic N) is 1. The van der Waals surface area contributed by atoms with Crippen molar-refractivity contribution < 1.29 is 0 Å². The first kappa shape index (κ1) is 8.60. The first-order valence-electron chi connectivity index (χ1n) is 5.02. The van der Waals surface area contributed by atoms with Crippen LogP contribution in [0.25, 0.3) is 0 Å². The maximum Gasteiger partial charge on any atom is 0.267 e. The molecule has 1 aromatic heterocycles. The van der Waals surface area contributed by atoms with Crippen LogP contribution in [-0.4, -0.2) is 9.78 Å². The summed E-state index contributed by atoms with van der Waals surface area (Å²) in [5.41, 5.74) is 2.40. The molecule has 0 aromatic carbocycles. The second kappa shape index (κ2) is 3.05. The lowest BCUT2D eigenvalue weighted by Crippen LogP contribution is -2.11. The molecule has 3 nitrogen and oxygen atoms in total. The molecular weight excluding hydrogens is 164 g/mol. The first-order chi connectivity index (χ1) is 6.20. The number of nitrogens with one attached hydrogen (secondary N) is 1. The second-order valence-corrected chi connectivity index (χ2v) is 4.04. The summed E-state index contributed by atoms with van der Waals surface area (Å²) >= 11 is 0. The van der Waals surface area contributed by atoms with Crippen molar-refractivity contribution in [3.8, 4) is 0 Å². The van der Waals surface area contributed by atoms with E-state index < -0.39 is 0 Å². The van der Waals surface area contributed by atoms with Gasteiger partial charge in [0.1, 0.15) is 0 Å². The fraction of sp³-hybridized carbons (Fsp3) is 0.700. The van der Waals surface area contributed by atoms with Crippen molar-refractivity contribution in [2.45, 2.75) is 45.6 Å². The monoisotopic (exact) mass is 180 g/mol. The summed E-state index contributed by atoms with van der Waals surface area (Å²) in [6.07, 6.45) is 4.41. The van der Waals surface area contributed by atoms with Gasteiger partial charge in [-0.15, -0.1) is 0 Å². The molecule has 1 N–H and O–H groups in total. The van der Waals surface area contributed by atoms with Crippen LogP contribution in [0.3, 0.4) is 0 Å². The molecule has 0 fully saturated rings. The zero-order valence-electron chi connectivity index (χ0n) is 8.26. The van der Waals surface area contributed by atoms with Crippen molar-refractivity contribution in [1.29, 1.82) is 0 Å². The average molecular weight is 180 g/mol. The topological polar surface area (TPSA) is 37.8 Å². The average Bonchev–Trinajstić information content (AvgIpc) is 2.45. The van der Waals surface area contributed by atoms with Gasteiger partial charge in [-0.05, 0) is 39.5 Å². The number of rotatable bonds is 1. The highest BCUT2D eigenvalue weighted by Crippen LogP contribution is 2.20. The van der Waals surface area contributed by atoms with Crippen LogP contribution in [0, 0.1) is 0 Å². The van der Waals surface area contributed by atoms with Crippen molar-refractivity contribution in [1.82, 2.24) is 9.78 Å². The highest BCUT2D eigenvalue weighted by Gasteiger charge is 2.18. The van der Waals surface area contributed by atoms with E-state index in [0.717, 1.165) is 24.8 Å². The predicted molar refractivity (Wildman–Crippen MR) is 52.1 cm³/mol. The van der Waals surface area contributed by atoms with Crippen molar-refractivity contribution in [3.63, 3.8) is 0 Å². The number of hydrogen-bond acceptors (Lipinski definition) is 1. The van der Waals surface area contributed by atoms with Gasteiger partial charge in [-0.2, -0.15) is 0 Å². The molecule has 0 bridgehead atoms. The molecule has 1 aromatic rings. The van der Waals surface area contributed by atoms with Crippen LogP contribution in [0.2, 0.25) is 0 Å². The number of aromatic amines is 1. The summed E-state index contributed by atoms with van der Waals surface area (Å²) in [6, 6.07) is 0.370. The molecule has 1 aliphatic rings. The van der Waals surface area contributed by atoms with Crippen LogP contribution >= 0.6 is 0 Å².